The van der Waals surface area contributed by atoms with Gasteiger partial charge in [0, 0.05) is 19.2 Å². The van der Waals surface area contributed by atoms with Crippen LogP contribution in [0, 0.1) is 6.92 Å². The van der Waals surface area contributed by atoms with E-state index in [0.29, 0.717) is 28.5 Å². The topological polar surface area (TPSA) is 76.1 Å². The number of hydrogen-bond acceptors (Lipinski definition) is 5. The molecule has 3 aromatic rings. The van der Waals surface area contributed by atoms with Gasteiger partial charge in [-0.1, -0.05) is 59.1 Å². The highest BCUT2D eigenvalue weighted by molar-refractivity contribution is 6.46. The summed E-state index contributed by atoms with van der Waals surface area (Å²) in [5.74, 6) is -1.17. The van der Waals surface area contributed by atoms with E-state index in [1.54, 1.807) is 42.5 Å². The molecule has 3 aromatic carbocycles. The Morgan fingerprint density at radius 3 is 2.42 bits per heavy atom. The summed E-state index contributed by atoms with van der Waals surface area (Å²) < 4.78 is 11.0. The predicted molar refractivity (Wildman–Crippen MR) is 139 cm³/mol. The maximum absolute atomic E-state index is 13.0. The van der Waals surface area contributed by atoms with Gasteiger partial charge in [-0.05, 0) is 54.4 Å². The van der Waals surface area contributed by atoms with Crippen LogP contribution >= 0.6 is 23.2 Å². The van der Waals surface area contributed by atoms with E-state index in [-0.39, 0.29) is 29.5 Å². The summed E-state index contributed by atoms with van der Waals surface area (Å²) in [4.78, 5) is 27.3. The standard InChI is InChI=1S/C28H25Cl2NO5/c1-17-4-3-5-18(14-17)16-36-21-9-6-19(7-10-21)26(32)24-25(20-8-11-22(29)23(30)15-20)31(12-13-35-2)28(34)27(24)33/h3-11,14-15,25,32H,12-13,16H2,1-2H3/b26-24-. The first-order chi connectivity index (χ1) is 17.3. The molecule has 1 amide bonds. The van der Waals surface area contributed by atoms with Crippen LogP contribution in [0.2, 0.25) is 10.0 Å². The SMILES string of the molecule is COCCN1C(=O)C(=O)/C(=C(\O)c2ccc(OCc3cccc(C)c3)cc2)C1c1ccc(Cl)c(Cl)c1. The van der Waals surface area contributed by atoms with Crippen LogP contribution in [0.15, 0.2) is 72.3 Å². The number of carbonyl (C=O) groups excluding carboxylic acids is 2. The fourth-order valence-electron chi connectivity index (χ4n) is 4.16. The Hall–Kier alpha value is -3.32. The summed E-state index contributed by atoms with van der Waals surface area (Å²) in [6.45, 7) is 2.80. The first kappa shape index (κ1) is 25.8. The van der Waals surface area contributed by atoms with Crippen molar-refractivity contribution in [2.75, 3.05) is 20.3 Å². The summed E-state index contributed by atoms with van der Waals surface area (Å²) in [6, 6.07) is 18.8. The zero-order chi connectivity index (χ0) is 25.8. The third-order valence-electron chi connectivity index (χ3n) is 5.95. The Bertz CT molecular complexity index is 1320. The van der Waals surface area contributed by atoms with Gasteiger partial charge >= 0.3 is 0 Å². The number of Topliss-reactive ketones (excluding diaryl/α,β-unsaturated/α-hetero) is 1. The molecule has 36 heavy (non-hydrogen) atoms. The first-order valence-electron chi connectivity index (χ1n) is 11.3. The lowest BCUT2D eigenvalue weighted by Gasteiger charge is -2.25. The van der Waals surface area contributed by atoms with E-state index in [9.17, 15) is 14.7 Å². The molecule has 1 fully saturated rings. The average molecular weight is 526 g/mol. The van der Waals surface area contributed by atoms with Crippen molar-refractivity contribution in [3.63, 3.8) is 0 Å². The number of halogens is 2. The molecule has 1 saturated heterocycles. The number of likely N-dealkylation sites (tertiary alicyclic amines) is 1. The molecule has 1 aliphatic heterocycles. The van der Waals surface area contributed by atoms with Gasteiger partial charge in [0.05, 0.1) is 28.3 Å². The molecule has 4 rings (SSSR count). The number of aryl methyl sites for hydroxylation is 1. The molecule has 0 spiro atoms. The number of ketones is 1. The maximum Gasteiger partial charge on any atom is 0.295 e. The second-order valence-electron chi connectivity index (χ2n) is 8.46. The molecule has 0 radical (unpaired) electrons. The highest BCUT2D eigenvalue weighted by Crippen LogP contribution is 2.41. The molecule has 8 heteroatoms. The van der Waals surface area contributed by atoms with E-state index in [1.165, 1.54) is 12.0 Å². The second-order valence-corrected chi connectivity index (χ2v) is 9.28. The normalized spacial score (nSPS) is 17.0. The van der Waals surface area contributed by atoms with Crippen LogP contribution < -0.4 is 4.74 Å². The van der Waals surface area contributed by atoms with Crippen LogP contribution in [0.4, 0.5) is 0 Å². The number of aliphatic hydroxyl groups excluding tert-OH is 1. The third kappa shape index (κ3) is 5.41. The highest BCUT2D eigenvalue weighted by atomic mass is 35.5. The number of aliphatic hydroxyl groups is 1. The molecule has 1 N–H and O–H groups in total. The molecular weight excluding hydrogens is 501 g/mol. The Kier molecular flexibility index (Phi) is 7.99. The fraction of sp³-hybridized carbons (Fsp3) is 0.214. The first-order valence-corrected chi connectivity index (χ1v) is 12.1. The number of methoxy groups -OCH3 is 1. The van der Waals surface area contributed by atoms with Crippen LogP contribution in [-0.4, -0.2) is 42.0 Å². The van der Waals surface area contributed by atoms with Crippen molar-refractivity contribution < 1.29 is 24.2 Å². The zero-order valence-corrected chi connectivity index (χ0v) is 21.3. The maximum atomic E-state index is 13.0. The van der Waals surface area contributed by atoms with Crippen molar-refractivity contribution in [2.24, 2.45) is 0 Å². The summed E-state index contributed by atoms with van der Waals surface area (Å²) in [5, 5.41) is 11.8. The van der Waals surface area contributed by atoms with Crippen molar-refractivity contribution in [1.29, 1.82) is 0 Å². The number of rotatable bonds is 8. The largest absolute Gasteiger partial charge is 0.507 e. The number of ether oxygens (including phenoxy) is 2. The van der Waals surface area contributed by atoms with Crippen LogP contribution in [0.3, 0.4) is 0 Å². The molecule has 1 unspecified atom stereocenters. The molecule has 186 valence electrons. The van der Waals surface area contributed by atoms with Crippen LogP contribution in [-0.2, 0) is 20.9 Å². The number of benzene rings is 3. The molecule has 0 aromatic heterocycles. The lowest BCUT2D eigenvalue weighted by atomic mass is 9.95. The van der Waals surface area contributed by atoms with Crippen LogP contribution in [0.1, 0.15) is 28.3 Å². The smallest absolute Gasteiger partial charge is 0.295 e. The van der Waals surface area contributed by atoms with Gasteiger partial charge in [-0.3, -0.25) is 9.59 Å². The second kappa shape index (κ2) is 11.2. The number of hydrogen-bond donors (Lipinski definition) is 1. The highest BCUT2D eigenvalue weighted by Gasteiger charge is 2.46. The molecule has 0 saturated carbocycles. The Labute approximate surface area is 219 Å². The van der Waals surface area contributed by atoms with E-state index >= 15 is 0 Å². The minimum atomic E-state index is -0.841. The van der Waals surface area contributed by atoms with Crippen LogP contribution in [0.5, 0.6) is 5.75 Å². The number of amides is 1. The predicted octanol–water partition coefficient (Wildman–Crippen LogP) is 5.95. The molecule has 0 bridgehead atoms. The van der Waals surface area contributed by atoms with Gasteiger partial charge in [0.15, 0.2) is 0 Å². The summed E-state index contributed by atoms with van der Waals surface area (Å²) >= 11 is 12.3. The van der Waals surface area contributed by atoms with Gasteiger partial charge in [0.1, 0.15) is 18.1 Å². The fourth-order valence-corrected chi connectivity index (χ4v) is 4.47. The minimum absolute atomic E-state index is 0.0251. The van der Waals surface area contributed by atoms with Crippen molar-refractivity contribution in [1.82, 2.24) is 4.90 Å². The van der Waals surface area contributed by atoms with Gasteiger partial charge < -0.3 is 19.5 Å². The number of carbonyl (C=O) groups is 2. The minimum Gasteiger partial charge on any atom is -0.507 e. The van der Waals surface area contributed by atoms with E-state index in [2.05, 4.69) is 0 Å². The van der Waals surface area contributed by atoms with E-state index in [0.717, 1.165) is 11.1 Å². The van der Waals surface area contributed by atoms with Crippen molar-refractivity contribution in [3.8, 4) is 5.75 Å². The van der Waals surface area contributed by atoms with Crippen LogP contribution in [0.25, 0.3) is 5.76 Å². The van der Waals surface area contributed by atoms with Gasteiger partial charge in [-0.15, -0.1) is 0 Å². The van der Waals surface area contributed by atoms with Gasteiger partial charge in [-0.25, -0.2) is 0 Å². The average Bonchev–Trinajstić information content (AvgIpc) is 3.12. The van der Waals surface area contributed by atoms with Gasteiger partial charge in [-0.2, -0.15) is 0 Å². The Morgan fingerprint density at radius 1 is 1.00 bits per heavy atom. The lowest BCUT2D eigenvalue weighted by Crippen LogP contribution is -2.32. The summed E-state index contributed by atoms with van der Waals surface area (Å²) in [6.07, 6.45) is 0. The monoisotopic (exact) mass is 525 g/mol. The van der Waals surface area contributed by atoms with Gasteiger partial charge in [0.25, 0.3) is 11.7 Å². The molecule has 0 aliphatic carbocycles. The molecular formula is C28H25Cl2NO5. The lowest BCUT2D eigenvalue weighted by molar-refractivity contribution is -0.140. The summed E-state index contributed by atoms with van der Waals surface area (Å²) in [5.41, 5.74) is 3.10. The van der Waals surface area contributed by atoms with E-state index < -0.39 is 17.7 Å². The third-order valence-corrected chi connectivity index (χ3v) is 6.69. The summed E-state index contributed by atoms with van der Waals surface area (Å²) in [7, 11) is 1.51. The molecule has 6 nitrogen and oxygen atoms in total. The molecule has 1 heterocycles. The van der Waals surface area contributed by atoms with Crippen molar-refractivity contribution >= 4 is 40.7 Å². The van der Waals surface area contributed by atoms with Gasteiger partial charge in [0.2, 0.25) is 0 Å². The Balaban J connectivity index is 1.66. The quantitative estimate of drug-likeness (QED) is 0.223. The van der Waals surface area contributed by atoms with E-state index in [4.69, 9.17) is 32.7 Å². The van der Waals surface area contributed by atoms with E-state index in [1.807, 2.05) is 31.2 Å². The Morgan fingerprint density at radius 2 is 1.75 bits per heavy atom. The molecule has 1 atom stereocenters. The zero-order valence-electron chi connectivity index (χ0n) is 19.8. The van der Waals surface area contributed by atoms with Crippen molar-refractivity contribution in [3.05, 3.63) is 105 Å². The number of nitrogens with zero attached hydrogens (tertiary/aromatic N) is 1. The molecule has 1 aliphatic rings. The van der Waals surface area contributed by atoms with Crippen molar-refractivity contribution in [2.45, 2.75) is 19.6 Å².